The highest BCUT2D eigenvalue weighted by molar-refractivity contribution is 5.95. The first-order valence-corrected chi connectivity index (χ1v) is 5.76. The molecule has 0 fully saturated rings. The van der Waals surface area contributed by atoms with Gasteiger partial charge in [-0.15, -0.1) is 0 Å². The summed E-state index contributed by atoms with van der Waals surface area (Å²) in [7, 11) is 1.29. The van der Waals surface area contributed by atoms with Crippen LogP contribution in [0, 0.1) is 12.8 Å². The summed E-state index contributed by atoms with van der Waals surface area (Å²) in [6, 6.07) is 0.846. The molecule has 18 heavy (non-hydrogen) atoms. The first kappa shape index (κ1) is 14.2. The average Bonchev–Trinajstić information content (AvgIpc) is 2.73. The molecule has 1 amide bonds. The third kappa shape index (κ3) is 3.87. The first-order valence-electron chi connectivity index (χ1n) is 5.76. The van der Waals surface area contributed by atoms with Gasteiger partial charge in [0, 0.05) is 6.07 Å². The lowest BCUT2D eigenvalue weighted by atomic mass is 10.0. The van der Waals surface area contributed by atoms with Crippen molar-refractivity contribution in [2.75, 3.05) is 7.11 Å². The van der Waals surface area contributed by atoms with Crippen molar-refractivity contribution >= 4 is 11.9 Å². The fraction of sp³-hybridized carbons (Fsp3) is 0.583. The van der Waals surface area contributed by atoms with E-state index >= 15 is 0 Å². The quantitative estimate of drug-likeness (QED) is 0.801. The molecule has 0 saturated carbocycles. The maximum absolute atomic E-state index is 11.8. The Morgan fingerprint density at radius 1 is 1.50 bits per heavy atom. The maximum atomic E-state index is 11.8. The van der Waals surface area contributed by atoms with Gasteiger partial charge >= 0.3 is 5.97 Å². The van der Waals surface area contributed by atoms with E-state index in [1.807, 2.05) is 13.8 Å². The number of nitrogens with zero attached hydrogens (tertiary/aromatic N) is 1. The van der Waals surface area contributed by atoms with Crippen LogP contribution in [0.2, 0.25) is 0 Å². The van der Waals surface area contributed by atoms with Crippen molar-refractivity contribution in [2.45, 2.75) is 33.2 Å². The van der Waals surface area contributed by atoms with Gasteiger partial charge in [-0.25, -0.2) is 4.79 Å². The number of esters is 1. The molecule has 0 spiro atoms. The van der Waals surface area contributed by atoms with Gasteiger partial charge in [0.1, 0.15) is 11.8 Å². The molecule has 1 aromatic rings. The number of aromatic nitrogens is 1. The number of carbonyl (C=O) groups excluding carboxylic acids is 2. The van der Waals surface area contributed by atoms with Gasteiger partial charge in [0.2, 0.25) is 0 Å². The Morgan fingerprint density at radius 3 is 2.61 bits per heavy atom. The van der Waals surface area contributed by atoms with E-state index in [9.17, 15) is 9.59 Å². The van der Waals surface area contributed by atoms with E-state index in [4.69, 9.17) is 4.52 Å². The Bertz CT molecular complexity index is 425. The summed E-state index contributed by atoms with van der Waals surface area (Å²) in [5, 5.41) is 6.19. The van der Waals surface area contributed by atoms with Crippen molar-refractivity contribution in [3.8, 4) is 0 Å². The Morgan fingerprint density at radius 2 is 2.17 bits per heavy atom. The molecule has 1 aromatic heterocycles. The number of hydrogen-bond acceptors (Lipinski definition) is 5. The van der Waals surface area contributed by atoms with Crippen molar-refractivity contribution < 1.29 is 18.8 Å². The van der Waals surface area contributed by atoms with Crippen LogP contribution >= 0.6 is 0 Å². The van der Waals surface area contributed by atoms with E-state index in [2.05, 4.69) is 15.2 Å². The second kappa shape index (κ2) is 6.18. The van der Waals surface area contributed by atoms with Crippen LogP contribution in [0.5, 0.6) is 0 Å². The molecule has 0 unspecified atom stereocenters. The van der Waals surface area contributed by atoms with E-state index in [1.54, 1.807) is 6.92 Å². The topological polar surface area (TPSA) is 81.4 Å². The highest BCUT2D eigenvalue weighted by Gasteiger charge is 2.24. The smallest absolute Gasteiger partial charge is 0.328 e. The minimum Gasteiger partial charge on any atom is -0.467 e. The van der Waals surface area contributed by atoms with E-state index in [1.165, 1.54) is 13.2 Å². The van der Waals surface area contributed by atoms with Gasteiger partial charge in [0.25, 0.3) is 5.91 Å². The summed E-state index contributed by atoms with van der Waals surface area (Å²) < 4.78 is 9.47. The van der Waals surface area contributed by atoms with Crippen molar-refractivity contribution in [3.05, 3.63) is 17.5 Å². The molecule has 1 heterocycles. The summed E-state index contributed by atoms with van der Waals surface area (Å²) in [5.74, 6) is -0.104. The highest BCUT2D eigenvalue weighted by atomic mass is 16.5. The number of rotatable bonds is 5. The lowest BCUT2D eigenvalue weighted by Gasteiger charge is -2.17. The SMILES string of the molecule is COC(=O)[C@H](CC(C)C)NC(=O)c1cc(C)on1. The summed E-state index contributed by atoms with van der Waals surface area (Å²) in [6.07, 6.45) is 0.509. The predicted octanol–water partition coefficient (Wildman–Crippen LogP) is 1.30. The standard InChI is InChI=1S/C12H18N2O4/c1-7(2)5-10(12(16)17-4)13-11(15)9-6-8(3)18-14-9/h6-7,10H,5H2,1-4H3,(H,13,15)/t10-/m0/s1. The molecule has 6 heteroatoms. The van der Waals surface area contributed by atoms with Crippen molar-refractivity contribution in [2.24, 2.45) is 5.92 Å². The van der Waals surface area contributed by atoms with Crippen molar-refractivity contribution in [1.29, 1.82) is 0 Å². The number of methoxy groups -OCH3 is 1. The molecule has 6 nitrogen and oxygen atoms in total. The van der Waals surface area contributed by atoms with E-state index < -0.39 is 17.9 Å². The van der Waals surface area contributed by atoms with Gasteiger partial charge in [-0.3, -0.25) is 4.79 Å². The van der Waals surface area contributed by atoms with Crippen molar-refractivity contribution in [3.63, 3.8) is 0 Å². The van der Waals surface area contributed by atoms with Crippen LogP contribution in [0.3, 0.4) is 0 Å². The Labute approximate surface area is 106 Å². The zero-order valence-corrected chi connectivity index (χ0v) is 11.0. The number of amides is 1. The minimum absolute atomic E-state index is 0.158. The zero-order valence-electron chi connectivity index (χ0n) is 11.0. The normalized spacial score (nSPS) is 12.3. The number of nitrogens with one attached hydrogen (secondary N) is 1. The van der Waals surface area contributed by atoms with Crippen LogP contribution in [0.15, 0.2) is 10.6 Å². The van der Waals surface area contributed by atoms with Crippen LogP contribution < -0.4 is 5.32 Å². The van der Waals surface area contributed by atoms with E-state index in [-0.39, 0.29) is 11.6 Å². The van der Waals surface area contributed by atoms with Gasteiger partial charge < -0.3 is 14.6 Å². The lowest BCUT2D eigenvalue weighted by molar-refractivity contribution is -0.143. The largest absolute Gasteiger partial charge is 0.467 e. The highest BCUT2D eigenvalue weighted by Crippen LogP contribution is 2.08. The number of aryl methyl sites for hydroxylation is 1. The second-order valence-corrected chi connectivity index (χ2v) is 4.50. The molecular weight excluding hydrogens is 236 g/mol. The number of hydrogen-bond donors (Lipinski definition) is 1. The van der Waals surface area contributed by atoms with Crippen LogP contribution in [0.1, 0.15) is 36.5 Å². The fourth-order valence-electron chi connectivity index (χ4n) is 1.53. The molecule has 0 saturated heterocycles. The molecule has 1 N–H and O–H groups in total. The molecule has 0 aliphatic heterocycles. The fourth-order valence-corrected chi connectivity index (χ4v) is 1.53. The average molecular weight is 254 g/mol. The molecule has 100 valence electrons. The third-order valence-corrected chi connectivity index (χ3v) is 2.36. The molecule has 1 atom stereocenters. The summed E-state index contributed by atoms with van der Waals surface area (Å²) in [5.41, 5.74) is 0.158. The first-order chi connectivity index (χ1) is 8.43. The summed E-state index contributed by atoms with van der Waals surface area (Å²) >= 11 is 0. The molecule has 0 aliphatic rings. The van der Waals surface area contributed by atoms with Gasteiger partial charge in [-0.1, -0.05) is 19.0 Å². The minimum atomic E-state index is -0.667. The summed E-state index contributed by atoms with van der Waals surface area (Å²) in [4.78, 5) is 23.4. The summed E-state index contributed by atoms with van der Waals surface area (Å²) in [6.45, 7) is 5.61. The van der Waals surface area contributed by atoms with E-state index in [0.717, 1.165) is 0 Å². The van der Waals surface area contributed by atoms with Crippen LogP contribution in [0.4, 0.5) is 0 Å². The Hall–Kier alpha value is -1.85. The maximum Gasteiger partial charge on any atom is 0.328 e. The number of carbonyl (C=O) groups is 2. The monoisotopic (exact) mass is 254 g/mol. The third-order valence-electron chi connectivity index (χ3n) is 2.36. The van der Waals surface area contributed by atoms with Crippen molar-refractivity contribution in [1.82, 2.24) is 10.5 Å². The van der Waals surface area contributed by atoms with Gasteiger partial charge in [0.15, 0.2) is 5.69 Å². The molecule has 0 aromatic carbocycles. The van der Waals surface area contributed by atoms with Crippen LogP contribution in [-0.4, -0.2) is 30.2 Å². The Balaban J connectivity index is 2.71. The predicted molar refractivity (Wildman–Crippen MR) is 64.0 cm³/mol. The van der Waals surface area contributed by atoms with Gasteiger partial charge in [-0.2, -0.15) is 0 Å². The van der Waals surface area contributed by atoms with Crippen LogP contribution in [-0.2, 0) is 9.53 Å². The Kier molecular flexibility index (Phi) is 4.88. The van der Waals surface area contributed by atoms with Gasteiger partial charge in [0.05, 0.1) is 7.11 Å². The molecule has 0 radical (unpaired) electrons. The van der Waals surface area contributed by atoms with Gasteiger partial charge in [-0.05, 0) is 19.3 Å². The number of ether oxygens (including phenoxy) is 1. The van der Waals surface area contributed by atoms with Crippen LogP contribution in [0.25, 0.3) is 0 Å². The zero-order chi connectivity index (χ0) is 13.7. The second-order valence-electron chi connectivity index (χ2n) is 4.50. The molecule has 0 aliphatic carbocycles. The lowest BCUT2D eigenvalue weighted by Crippen LogP contribution is -2.42. The molecule has 0 bridgehead atoms. The molecular formula is C12H18N2O4. The van der Waals surface area contributed by atoms with E-state index in [0.29, 0.717) is 12.2 Å². The molecule has 1 rings (SSSR count).